The van der Waals surface area contributed by atoms with Crippen LogP contribution in [0.2, 0.25) is 0 Å². The molecule has 0 heterocycles. The highest BCUT2D eigenvalue weighted by Crippen LogP contribution is 2.13. The molecule has 0 aliphatic rings. The first kappa shape index (κ1) is 7.54. The van der Waals surface area contributed by atoms with Crippen molar-refractivity contribution in [1.29, 1.82) is 5.41 Å². The molecule has 0 saturated carbocycles. The van der Waals surface area contributed by atoms with Gasteiger partial charge in [0.25, 0.3) is 0 Å². The third-order valence-electron chi connectivity index (χ3n) is 1.50. The Kier molecular flexibility index (Phi) is 2.06. The summed E-state index contributed by atoms with van der Waals surface area (Å²) in [5.41, 5.74) is 8.03. The van der Waals surface area contributed by atoms with Gasteiger partial charge in [0.15, 0.2) is 0 Å². The van der Waals surface area contributed by atoms with Crippen molar-refractivity contribution in [2.45, 2.75) is 0 Å². The number of hydrogen-bond donors (Lipinski definition) is 2. The number of benzene rings is 1. The van der Waals surface area contributed by atoms with Gasteiger partial charge in [-0.05, 0) is 23.3 Å². The fourth-order valence-corrected chi connectivity index (χ4v) is 0.860. The summed E-state index contributed by atoms with van der Waals surface area (Å²) in [6.07, 6.45) is 2.97. The van der Waals surface area contributed by atoms with Crippen LogP contribution in [0.4, 0.5) is 5.69 Å². The van der Waals surface area contributed by atoms with E-state index in [1.165, 1.54) is 6.21 Å². The normalized spacial score (nSPS) is 9.09. The molecule has 0 bridgehead atoms. The maximum atomic E-state index is 6.99. The van der Waals surface area contributed by atoms with E-state index in [1.54, 1.807) is 18.2 Å². The molecule has 0 spiro atoms. The Morgan fingerprint density at radius 2 is 2.18 bits per heavy atom. The number of anilines is 1. The van der Waals surface area contributed by atoms with Crippen LogP contribution in [0.1, 0.15) is 11.1 Å². The van der Waals surface area contributed by atoms with Gasteiger partial charge in [-0.1, -0.05) is 18.7 Å². The van der Waals surface area contributed by atoms with Gasteiger partial charge in [0.2, 0.25) is 0 Å². The van der Waals surface area contributed by atoms with Crippen LogP contribution in [0.5, 0.6) is 0 Å². The molecule has 1 rings (SSSR count). The molecule has 11 heavy (non-hydrogen) atoms. The van der Waals surface area contributed by atoms with E-state index < -0.39 is 0 Å². The average Bonchev–Trinajstić information content (AvgIpc) is 2.05. The number of nitrogens with two attached hydrogens (primary N) is 1. The van der Waals surface area contributed by atoms with Gasteiger partial charge in [-0.3, -0.25) is 0 Å². The highest BCUT2D eigenvalue weighted by molar-refractivity contribution is 5.80. The topological polar surface area (TPSA) is 49.9 Å². The summed E-state index contributed by atoms with van der Waals surface area (Å²) in [6, 6.07) is 5.40. The second-order valence-corrected chi connectivity index (χ2v) is 2.24. The van der Waals surface area contributed by atoms with Gasteiger partial charge in [0.05, 0.1) is 0 Å². The highest BCUT2D eigenvalue weighted by Gasteiger charge is 1.93. The Balaban J connectivity index is 3.22. The quantitative estimate of drug-likeness (QED) is 0.486. The molecule has 0 aliphatic carbocycles. The molecule has 2 heteroatoms. The lowest BCUT2D eigenvalue weighted by atomic mass is 10.1. The third kappa shape index (κ3) is 1.46. The predicted molar refractivity (Wildman–Crippen MR) is 48.8 cm³/mol. The van der Waals surface area contributed by atoms with Gasteiger partial charge in [-0.25, -0.2) is 0 Å². The maximum absolute atomic E-state index is 6.99. The minimum atomic E-state index is 0.700. The second kappa shape index (κ2) is 3.01. The molecule has 1 aromatic carbocycles. The van der Waals surface area contributed by atoms with Gasteiger partial charge in [-0.15, -0.1) is 0 Å². The van der Waals surface area contributed by atoms with Crippen LogP contribution in [0.15, 0.2) is 24.8 Å². The van der Waals surface area contributed by atoms with Gasteiger partial charge in [-0.2, -0.15) is 0 Å². The largest absolute Gasteiger partial charge is 0.398 e. The van der Waals surface area contributed by atoms with E-state index in [0.29, 0.717) is 5.69 Å². The average molecular weight is 146 g/mol. The van der Waals surface area contributed by atoms with E-state index >= 15 is 0 Å². The SMILES string of the molecule is C=Cc1cc(C=N)ccc1N. The summed E-state index contributed by atoms with van der Waals surface area (Å²) < 4.78 is 0. The number of nitrogen functional groups attached to an aromatic ring is 1. The van der Waals surface area contributed by atoms with Crippen molar-refractivity contribution in [2.75, 3.05) is 5.73 Å². The Morgan fingerprint density at radius 1 is 1.45 bits per heavy atom. The zero-order valence-corrected chi connectivity index (χ0v) is 6.17. The molecule has 0 radical (unpaired) electrons. The van der Waals surface area contributed by atoms with Gasteiger partial charge < -0.3 is 11.1 Å². The lowest BCUT2D eigenvalue weighted by Gasteiger charge is -1.99. The molecule has 1 aromatic rings. The van der Waals surface area contributed by atoms with E-state index in [2.05, 4.69) is 6.58 Å². The molecule has 3 N–H and O–H groups in total. The van der Waals surface area contributed by atoms with Crippen molar-refractivity contribution in [1.82, 2.24) is 0 Å². The molecular formula is C9H10N2. The Labute approximate surface area is 65.9 Å². The van der Waals surface area contributed by atoms with Crippen molar-refractivity contribution < 1.29 is 0 Å². The predicted octanol–water partition coefficient (Wildman–Crippen LogP) is 1.91. The Hall–Kier alpha value is -1.57. The van der Waals surface area contributed by atoms with E-state index in [4.69, 9.17) is 11.1 Å². The van der Waals surface area contributed by atoms with E-state index in [0.717, 1.165) is 11.1 Å². The van der Waals surface area contributed by atoms with Crippen LogP contribution >= 0.6 is 0 Å². The van der Waals surface area contributed by atoms with Crippen LogP contribution in [0, 0.1) is 5.41 Å². The zero-order chi connectivity index (χ0) is 8.27. The third-order valence-corrected chi connectivity index (χ3v) is 1.50. The number of hydrogen-bond acceptors (Lipinski definition) is 2. The summed E-state index contributed by atoms with van der Waals surface area (Å²) in [5.74, 6) is 0. The fraction of sp³-hybridized carbons (Fsp3) is 0. The number of nitrogens with one attached hydrogen (secondary N) is 1. The second-order valence-electron chi connectivity index (χ2n) is 2.24. The molecule has 0 amide bonds. The monoisotopic (exact) mass is 146 g/mol. The van der Waals surface area contributed by atoms with Crippen molar-refractivity contribution in [3.05, 3.63) is 35.9 Å². The van der Waals surface area contributed by atoms with Crippen LogP contribution in [0.25, 0.3) is 6.08 Å². The Morgan fingerprint density at radius 3 is 2.73 bits per heavy atom. The van der Waals surface area contributed by atoms with Crippen LogP contribution < -0.4 is 5.73 Å². The summed E-state index contributed by atoms with van der Waals surface area (Å²) >= 11 is 0. The standard InChI is InChI=1S/C9H10N2/c1-2-8-5-7(6-10)3-4-9(8)11/h2-6,10H,1,11H2. The lowest BCUT2D eigenvalue weighted by Crippen LogP contribution is -1.90. The molecule has 0 aliphatic heterocycles. The van der Waals surface area contributed by atoms with E-state index in [9.17, 15) is 0 Å². The summed E-state index contributed by atoms with van der Waals surface area (Å²) in [5, 5.41) is 6.99. The molecule has 0 saturated heterocycles. The first-order chi connectivity index (χ1) is 5.27. The molecule has 0 aromatic heterocycles. The van der Waals surface area contributed by atoms with Crippen molar-refractivity contribution in [2.24, 2.45) is 0 Å². The molecular weight excluding hydrogens is 136 g/mol. The van der Waals surface area contributed by atoms with Gasteiger partial charge in [0.1, 0.15) is 0 Å². The molecule has 2 nitrogen and oxygen atoms in total. The van der Waals surface area contributed by atoms with Gasteiger partial charge >= 0.3 is 0 Å². The summed E-state index contributed by atoms with van der Waals surface area (Å²) in [4.78, 5) is 0. The maximum Gasteiger partial charge on any atom is 0.0387 e. The van der Waals surface area contributed by atoms with E-state index in [1.807, 2.05) is 6.07 Å². The van der Waals surface area contributed by atoms with Crippen molar-refractivity contribution in [3.63, 3.8) is 0 Å². The van der Waals surface area contributed by atoms with Crippen LogP contribution in [-0.2, 0) is 0 Å². The molecule has 0 unspecified atom stereocenters. The van der Waals surface area contributed by atoms with Crippen molar-refractivity contribution in [3.8, 4) is 0 Å². The zero-order valence-electron chi connectivity index (χ0n) is 6.17. The first-order valence-corrected chi connectivity index (χ1v) is 3.30. The summed E-state index contributed by atoms with van der Waals surface area (Å²) in [6.45, 7) is 3.61. The first-order valence-electron chi connectivity index (χ1n) is 3.30. The van der Waals surface area contributed by atoms with Crippen LogP contribution in [-0.4, -0.2) is 6.21 Å². The minimum absolute atomic E-state index is 0.700. The molecule has 0 atom stereocenters. The summed E-state index contributed by atoms with van der Waals surface area (Å²) in [7, 11) is 0. The minimum Gasteiger partial charge on any atom is -0.398 e. The lowest BCUT2D eigenvalue weighted by molar-refractivity contribution is 1.53. The fourth-order valence-electron chi connectivity index (χ4n) is 0.860. The highest BCUT2D eigenvalue weighted by atomic mass is 14.6. The molecule has 56 valence electrons. The Bertz CT molecular complexity index is 290. The van der Waals surface area contributed by atoms with Gasteiger partial charge in [0, 0.05) is 11.9 Å². The van der Waals surface area contributed by atoms with Crippen LogP contribution in [0.3, 0.4) is 0 Å². The smallest absolute Gasteiger partial charge is 0.0387 e. The molecule has 0 fully saturated rings. The van der Waals surface area contributed by atoms with E-state index in [-0.39, 0.29) is 0 Å². The van der Waals surface area contributed by atoms with Crippen molar-refractivity contribution >= 4 is 18.0 Å². The number of rotatable bonds is 2.